The molecule has 3 rings (SSSR count). The van der Waals surface area contributed by atoms with E-state index in [4.69, 9.17) is 17.3 Å². The molecule has 0 saturated heterocycles. The zero-order chi connectivity index (χ0) is 16.4. The fraction of sp³-hybridized carbons (Fsp3) is 0. The Labute approximate surface area is 137 Å². The third kappa shape index (κ3) is 2.80. The van der Waals surface area contributed by atoms with Gasteiger partial charge in [-0.05, 0) is 24.3 Å². The number of nitrogens with zero attached hydrogens (tertiary/aromatic N) is 2. The van der Waals surface area contributed by atoms with Gasteiger partial charge in [0.1, 0.15) is 17.5 Å². The van der Waals surface area contributed by atoms with Crippen LogP contribution in [-0.4, -0.2) is 11.7 Å². The summed E-state index contributed by atoms with van der Waals surface area (Å²) in [6.07, 6.45) is 0. The number of hydrogen-bond donors (Lipinski definition) is 2. The molecule has 1 aliphatic rings. The van der Waals surface area contributed by atoms with E-state index >= 15 is 0 Å². The quantitative estimate of drug-likeness (QED) is 0.657. The van der Waals surface area contributed by atoms with E-state index in [0.717, 1.165) is 5.56 Å². The number of carbonyl (C=O) groups excluding carboxylic acids is 1. The molecular weight excluding hydrogens is 312 g/mol. The first-order valence-electron chi connectivity index (χ1n) is 6.75. The first kappa shape index (κ1) is 14.8. The number of anilines is 1. The minimum Gasteiger partial charge on any atom is -0.383 e. The molecule has 5 nitrogen and oxygen atoms in total. The van der Waals surface area contributed by atoms with Crippen molar-refractivity contribution in [2.24, 2.45) is 10.7 Å². The zero-order valence-electron chi connectivity index (χ0n) is 11.9. The fourth-order valence-corrected chi connectivity index (χ4v) is 2.41. The van der Waals surface area contributed by atoms with Gasteiger partial charge in [0.25, 0.3) is 5.91 Å². The molecule has 2 aromatic carbocycles. The van der Waals surface area contributed by atoms with E-state index in [-0.39, 0.29) is 11.3 Å². The Balaban J connectivity index is 1.99. The summed E-state index contributed by atoms with van der Waals surface area (Å²) in [6, 6.07) is 15.7. The highest BCUT2D eigenvalue weighted by atomic mass is 35.5. The largest absolute Gasteiger partial charge is 0.383 e. The molecule has 0 aliphatic carbocycles. The van der Waals surface area contributed by atoms with Crippen LogP contribution in [0.2, 0.25) is 5.02 Å². The number of carbonyl (C=O) groups is 1. The number of amides is 1. The Morgan fingerprint density at radius 3 is 2.43 bits per heavy atom. The summed E-state index contributed by atoms with van der Waals surface area (Å²) < 4.78 is 0. The van der Waals surface area contributed by atoms with Crippen LogP contribution >= 0.6 is 11.6 Å². The van der Waals surface area contributed by atoms with Crippen molar-refractivity contribution in [1.29, 1.82) is 5.26 Å². The molecule has 0 fully saturated rings. The first-order chi connectivity index (χ1) is 11.1. The standard InChI is InChI=1S/C17H11ClN4O/c18-10-5-7-11(8-6-10)21-17(23)14(9-19)15-12-3-1-2-4-13(12)16(20)22-15/h1-8H,(H2,20,22)(H,21,23). The van der Waals surface area contributed by atoms with Crippen LogP contribution in [0.5, 0.6) is 0 Å². The summed E-state index contributed by atoms with van der Waals surface area (Å²) in [5.74, 6) is -0.249. The minimum atomic E-state index is -0.543. The number of halogens is 1. The topological polar surface area (TPSA) is 91.3 Å². The van der Waals surface area contributed by atoms with Crippen LogP contribution in [-0.2, 0) is 4.79 Å². The summed E-state index contributed by atoms with van der Waals surface area (Å²) >= 11 is 5.81. The van der Waals surface area contributed by atoms with Crippen molar-refractivity contribution in [3.63, 3.8) is 0 Å². The van der Waals surface area contributed by atoms with Crippen molar-refractivity contribution in [2.45, 2.75) is 0 Å². The summed E-state index contributed by atoms with van der Waals surface area (Å²) in [6.45, 7) is 0. The van der Waals surface area contributed by atoms with E-state index in [2.05, 4.69) is 10.3 Å². The molecular formula is C17H11ClN4O. The van der Waals surface area contributed by atoms with Crippen LogP contribution in [0.15, 0.2) is 59.1 Å². The van der Waals surface area contributed by atoms with Gasteiger partial charge in [-0.2, -0.15) is 5.26 Å². The van der Waals surface area contributed by atoms with E-state index < -0.39 is 5.91 Å². The lowest BCUT2D eigenvalue weighted by atomic mass is 10.0. The predicted molar refractivity (Wildman–Crippen MR) is 89.8 cm³/mol. The highest BCUT2D eigenvalue weighted by molar-refractivity contribution is 6.30. The third-order valence-electron chi connectivity index (χ3n) is 3.37. The summed E-state index contributed by atoms with van der Waals surface area (Å²) in [5, 5.41) is 12.6. The monoisotopic (exact) mass is 322 g/mol. The lowest BCUT2D eigenvalue weighted by molar-refractivity contribution is -0.112. The maximum Gasteiger partial charge on any atom is 0.268 e. The van der Waals surface area contributed by atoms with Gasteiger partial charge in [-0.1, -0.05) is 35.9 Å². The van der Waals surface area contributed by atoms with Gasteiger partial charge in [-0.25, -0.2) is 4.99 Å². The van der Waals surface area contributed by atoms with Gasteiger partial charge >= 0.3 is 0 Å². The fourth-order valence-electron chi connectivity index (χ4n) is 2.28. The molecule has 0 aromatic heterocycles. The van der Waals surface area contributed by atoms with Crippen molar-refractivity contribution in [1.82, 2.24) is 0 Å². The maximum absolute atomic E-state index is 12.4. The van der Waals surface area contributed by atoms with Crippen LogP contribution in [0.1, 0.15) is 11.1 Å². The summed E-state index contributed by atoms with van der Waals surface area (Å²) in [4.78, 5) is 16.6. The molecule has 0 spiro atoms. The van der Waals surface area contributed by atoms with Gasteiger partial charge in [0.05, 0.1) is 5.70 Å². The molecule has 1 amide bonds. The molecule has 6 heteroatoms. The summed E-state index contributed by atoms with van der Waals surface area (Å²) in [5.41, 5.74) is 7.98. The molecule has 0 bridgehead atoms. The number of nitrogens with one attached hydrogen (secondary N) is 1. The van der Waals surface area contributed by atoms with Gasteiger partial charge in [0, 0.05) is 21.8 Å². The zero-order valence-corrected chi connectivity index (χ0v) is 12.6. The lowest BCUT2D eigenvalue weighted by Crippen LogP contribution is -2.14. The Kier molecular flexibility index (Phi) is 3.83. The van der Waals surface area contributed by atoms with Gasteiger partial charge in [0.2, 0.25) is 0 Å². The van der Waals surface area contributed by atoms with Crippen molar-refractivity contribution in [3.05, 3.63) is 70.3 Å². The van der Waals surface area contributed by atoms with E-state index in [9.17, 15) is 10.1 Å². The first-order valence-corrected chi connectivity index (χ1v) is 7.13. The predicted octanol–water partition coefficient (Wildman–Crippen LogP) is 2.93. The molecule has 1 aliphatic heterocycles. The van der Waals surface area contributed by atoms with Crippen LogP contribution in [0, 0.1) is 11.3 Å². The Morgan fingerprint density at radius 1 is 1.13 bits per heavy atom. The number of benzene rings is 2. The third-order valence-corrected chi connectivity index (χ3v) is 3.62. The molecule has 0 saturated carbocycles. The van der Waals surface area contributed by atoms with Crippen molar-refractivity contribution >= 4 is 34.7 Å². The number of aliphatic imine (C=N–C) groups is 1. The Morgan fingerprint density at radius 2 is 1.78 bits per heavy atom. The Bertz CT molecular complexity index is 892. The van der Waals surface area contributed by atoms with Gasteiger partial charge < -0.3 is 11.1 Å². The van der Waals surface area contributed by atoms with Gasteiger partial charge in [0.15, 0.2) is 0 Å². The Hall–Kier alpha value is -3.10. The number of amidine groups is 1. The molecule has 1 heterocycles. The number of fused-ring (bicyclic) bond motifs is 1. The average molecular weight is 323 g/mol. The van der Waals surface area contributed by atoms with Gasteiger partial charge in [-0.15, -0.1) is 0 Å². The number of rotatable bonds is 2. The van der Waals surface area contributed by atoms with Gasteiger partial charge in [-0.3, -0.25) is 4.79 Å². The van der Waals surface area contributed by atoms with Crippen LogP contribution < -0.4 is 11.1 Å². The van der Waals surface area contributed by atoms with Crippen LogP contribution in [0.4, 0.5) is 5.69 Å². The average Bonchev–Trinajstić information content (AvgIpc) is 2.88. The van der Waals surface area contributed by atoms with Crippen LogP contribution in [0.3, 0.4) is 0 Å². The molecule has 2 aromatic rings. The van der Waals surface area contributed by atoms with E-state index in [0.29, 0.717) is 22.1 Å². The van der Waals surface area contributed by atoms with E-state index in [1.807, 2.05) is 12.1 Å². The van der Waals surface area contributed by atoms with Crippen molar-refractivity contribution in [2.75, 3.05) is 5.32 Å². The number of nitriles is 1. The molecule has 0 radical (unpaired) electrons. The van der Waals surface area contributed by atoms with E-state index in [1.54, 1.807) is 42.5 Å². The van der Waals surface area contributed by atoms with Crippen molar-refractivity contribution < 1.29 is 4.79 Å². The van der Waals surface area contributed by atoms with Crippen molar-refractivity contribution in [3.8, 4) is 6.07 Å². The SMILES string of the molecule is N#CC(C(=O)Nc1ccc(Cl)cc1)=C1N=C(N)c2ccccc21. The second-order valence-corrected chi connectivity index (χ2v) is 5.28. The maximum atomic E-state index is 12.4. The molecule has 3 N–H and O–H groups in total. The minimum absolute atomic E-state index is 0.0900. The molecule has 0 unspecified atom stereocenters. The molecule has 112 valence electrons. The smallest absolute Gasteiger partial charge is 0.268 e. The summed E-state index contributed by atoms with van der Waals surface area (Å²) in [7, 11) is 0. The highest BCUT2D eigenvalue weighted by Gasteiger charge is 2.24. The second kappa shape index (κ2) is 5.95. The highest BCUT2D eigenvalue weighted by Crippen LogP contribution is 2.30. The number of hydrogen-bond acceptors (Lipinski definition) is 4. The molecule has 23 heavy (non-hydrogen) atoms. The van der Waals surface area contributed by atoms with E-state index in [1.165, 1.54) is 0 Å². The normalized spacial score (nSPS) is 14.5. The number of nitrogens with two attached hydrogens (primary N) is 1. The molecule has 0 atom stereocenters. The van der Waals surface area contributed by atoms with Crippen LogP contribution in [0.25, 0.3) is 5.70 Å². The second-order valence-electron chi connectivity index (χ2n) is 4.84. The lowest BCUT2D eigenvalue weighted by Gasteiger charge is -2.06.